The fourth-order valence-electron chi connectivity index (χ4n) is 0.821. The van der Waals surface area contributed by atoms with Crippen LogP contribution in [-0.2, 0) is 4.79 Å². The Kier molecular flexibility index (Phi) is 5.66. The van der Waals surface area contributed by atoms with Gasteiger partial charge >= 0.3 is 0 Å². The largest absolute Gasteiger partial charge is 0.392 e. The third kappa shape index (κ3) is 5.09. The molecular weight excluding hydrogens is 156 g/mol. The van der Waals surface area contributed by atoms with E-state index in [2.05, 4.69) is 10.6 Å². The Morgan fingerprint density at radius 2 is 2.00 bits per heavy atom. The van der Waals surface area contributed by atoms with Crippen LogP contribution >= 0.6 is 0 Å². The summed E-state index contributed by atoms with van der Waals surface area (Å²) in [7, 11) is 1.80. The van der Waals surface area contributed by atoms with E-state index in [1.165, 1.54) is 0 Å². The predicted molar refractivity (Wildman–Crippen MR) is 47.8 cm³/mol. The van der Waals surface area contributed by atoms with Gasteiger partial charge in [-0.05, 0) is 14.0 Å². The summed E-state index contributed by atoms with van der Waals surface area (Å²) in [6.07, 6.45) is -0.476. The van der Waals surface area contributed by atoms with Crippen molar-refractivity contribution in [3.05, 3.63) is 0 Å². The summed E-state index contributed by atoms with van der Waals surface area (Å²) in [4.78, 5) is 11.2. The highest BCUT2D eigenvalue weighted by Crippen LogP contribution is 1.91. The zero-order valence-corrected chi connectivity index (χ0v) is 7.92. The Labute approximate surface area is 73.3 Å². The van der Waals surface area contributed by atoms with E-state index in [1.54, 1.807) is 14.0 Å². The van der Waals surface area contributed by atoms with Gasteiger partial charge in [-0.3, -0.25) is 4.79 Å². The lowest BCUT2D eigenvalue weighted by molar-refractivity contribution is -0.124. The first-order valence-electron chi connectivity index (χ1n) is 4.18. The van der Waals surface area contributed by atoms with E-state index >= 15 is 0 Å². The van der Waals surface area contributed by atoms with Gasteiger partial charge in [-0.1, -0.05) is 6.92 Å². The van der Waals surface area contributed by atoms with E-state index in [9.17, 15) is 4.79 Å². The van der Waals surface area contributed by atoms with Gasteiger partial charge < -0.3 is 15.7 Å². The fourth-order valence-corrected chi connectivity index (χ4v) is 0.821. The predicted octanol–water partition coefficient (Wildman–Crippen LogP) is -0.661. The van der Waals surface area contributed by atoms with Gasteiger partial charge in [0, 0.05) is 19.0 Å². The smallest absolute Gasteiger partial charge is 0.224 e. The molecule has 1 amide bonds. The van der Waals surface area contributed by atoms with Crippen LogP contribution in [0.3, 0.4) is 0 Å². The lowest BCUT2D eigenvalue weighted by Gasteiger charge is -2.12. The Morgan fingerprint density at radius 1 is 1.42 bits per heavy atom. The third-order valence-corrected chi connectivity index (χ3v) is 1.53. The Bertz CT molecular complexity index is 137. The van der Waals surface area contributed by atoms with Gasteiger partial charge in [-0.25, -0.2) is 0 Å². The van der Waals surface area contributed by atoms with Crippen molar-refractivity contribution >= 4 is 5.91 Å². The zero-order chi connectivity index (χ0) is 9.56. The maximum Gasteiger partial charge on any atom is 0.224 e. The molecule has 2 unspecified atom stereocenters. The first kappa shape index (κ1) is 11.4. The Morgan fingerprint density at radius 3 is 2.42 bits per heavy atom. The first-order chi connectivity index (χ1) is 5.57. The molecule has 0 saturated carbocycles. The van der Waals surface area contributed by atoms with Gasteiger partial charge in [-0.15, -0.1) is 0 Å². The number of rotatable bonds is 5. The number of aliphatic hydroxyl groups is 1. The maximum absolute atomic E-state index is 11.2. The molecule has 0 aromatic heterocycles. The SMILES string of the molecule is CNCC(C)C(=O)NCC(C)O. The molecule has 0 aliphatic carbocycles. The van der Waals surface area contributed by atoms with Crippen molar-refractivity contribution in [2.75, 3.05) is 20.1 Å². The Balaban J connectivity index is 3.57. The number of hydrogen-bond donors (Lipinski definition) is 3. The second-order valence-corrected chi connectivity index (χ2v) is 3.05. The third-order valence-electron chi connectivity index (χ3n) is 1.53. The number of amides is 1. The number of nitrogens with one attached hydrogen (secondary N) is 2. The minimum absolute atomic E-state index is 0.0229. The topological polar surface area (TPSA) is 61.4 Å². The van der Waals surface area contributed by atoms with Crippen molar-refractivity contribution in [3.63, 3.8) is 0 Å². The van der Waals surface area contributed by atoms with Gasteiger partial charge in [0.15, 0.2) is 0 Å². The van der Waals surface area contributed by atoms with Crippen LogP contribution in [0.5, 0.6) is 0 Å². The number of carbonyl (C=O) groups excluding carboxylic acids is 1. The monoisotopic (exact) mass is 174 g/mol. The van der Waals surface area contributed by atoms with Crippen LogP contribution < -0.4 is 10.6 Å². The summed E-state index contributed by atoms with van der Waals surface area (Å²) in [6, 6.07) is 0. The van der Waals surface area contributed by atoms with E-state index in [0.29, 0.717) is 13.1 Å². The molecule has 0 aromatic carbocycles. The highest BCUT2D eigenvalue weighted by molar-refractivity contribution is 5.78. The molecule has 4 nitrogen and oxygen atoms in total. The molecule has 12 heavy (non-hydrogen) atoms. The molecule has 0 heterocycles. The van der Waals surface area contributed by atoms with Crippen LogP contribution in [0.15, 0.2) is 0 Å². The van der Waals surface area contributed by atoms with Crippen molar-refractivity contribution in [3.8, 4) is 0 Å². The normalized spacial score (nSPS) is 15.3. The van der Waals surface area contributed by atoms with Crippen molar-refractivity contribution in [2.45, 2.75) is 20.0 Å². The lowest BCUT2D eigenvalue weighted by Crippen LogP contribution is -2.37. The number of carbonyl (C=O) groups is 1. The van der Waals surface area contributed by atoms with Crippen LogP contribution in [0.2, 0.25) is 0 Å². The van der Waals surface area contributed by atoms with Crippen LogP contribution in [0, 0.1) is 5.92 Å². The molecule has 0 saturated heterocycles. The van der Waals surface area contributed by atoms with Crippen LogP contribution in [0.4, 0.5) is 0 Å². The molecule has 72 valence electrons. The quantitative estimate of drug-likeness (QED) is 0.518. The second kappa shape index (κ2) is 5.97. The molecule has 0 rings (SSSR count). The highest BCUT2D eigenvalue weighted by Gasteiger charge is 2.11. The molecule has 3 N–H and O–H groups in total. The molecular formula is C8H18N2O2. The van der Waals surface area contributed by atoms with Crippen molar-refractivity contribution in [2.24, 2.45) is 5.92 Å². The van der Waals surface area contributed by atoms with Gasteiger partial charge in [0.1, 0.15) is 0 Å². The first-order valence-corrected chi connectivity index (χ1v) is 4.18. The van der Waals surface area contributed by atoms with Crippen LogP contribution in [0.1, 0.15) is 13.8 Å². The van der Waals surface area contributed by atoms with E-state index in [4.69, 9.17) is 5.11 Å². The summed E-state index contributed by atoms with van der Waals surface area (Å²) in [5.74, 6) is -0.0704. The van der Waals surface area contributed by atoms with Crippen molar-refractivity contribution in [1.29, 1.82) is 0 Å². The van der Waals surface area contributed by atoms with Gasteiger partial charge in [0.25, 0.3) is 0 Å². The van der Waals surface area contributed by atoms with Crippen molar-refractivity contribution in [1.82, 2.24) is 10.6 Å². The minimum atomic E-state index is -0.476. The van der Waals surface area contributed by atoms with Gasteiger partial charge in [-0.2, -0.15) is 0 Å². The summed E-state index contributed by atoms with van der Waals surface area (Å²) < 4.78 is 0. The summed E-state index contributed by atoms with van der Waals surface area (Å²) >= 11 is 0. The molecule has 0 aliphatic rings. The van der Waals surface area contributed by atoms with Crippen LogP contribution in [0.25, 0.3) is 0 Å². The summed E-state index contributed by atoms with van der Waals surface area (Å²) in [6.45, 7) is 4.47. The molecule has 0 fully saturated rings. The maximum atomic E-state index is 11.2. The van der Waals surface area contributed by atoms with E-state index in [1.807, 2.05) is 6.92 Å². The molecule has 0 bridgehead atoms. The fraction of sp³-hybridized carbons (Fsp3) is 0.875. The summed E-state index contributed by atoms with van der Waals surface area (Å²) in [5, 5.41) is 14.4. The minimum Gasteiger partial charge on any atom is -0.392 e. The molecule has 4 heteroatoms. The van der Waals surface area contributed by atoms with Gasteiger partial charge in [0.05, 0.1) is 6.10 Å². The number of hydrogen-bond acceptors (Lipinski definition) is 3. The molecule has 0 aliphatic heterocycles. The van der Waals surface area contributed by atoms with E-state index in [-0.39, 0.29) is 11.8 Å². The number of aliphatic hydroxyl groups excluding tert-OH is 1. The van der Waals surface area contributed by atoms with Crippen LogP contribution in [-0.4, -0.2) is 37.3 Å². The average Bonchev–Trinajstić information content (AvgIpc) is 2.00. The zero-order valence-electron chi connectivity index (χ0n) is 7.92. The summed E-state index contributed by atoms with van der Waals surface area (Å²) in [5.41, 5.74) is 0. The average molecular weight is 174 g/mol. The molecule has 2 atom stereocenters. The van der Waals surface area contributed by atoms with Gasteiger partial charge in [0.2, 0.25) is 5.91 Å². The standard InChI is InChI=1S/C8H18N2O2/c1-6(4-9-3)8(12)10-5-7(2)11/h6-7,9,11H,4-5H2,1-3H3,(H,10,12). The lowest BCUT2D eigenvalue weighted by atomic mass is 10.1. The van der Waals surface area contributed by atoms with E-state index in [0.717, 1.165) is 0 Å². The molecule has 0 spiro atoms. The highest BCUT2D eigenvalue weighted by atomic mass is 16.3. The Hall–Kier alpha value is -0.610. The second-order valence-electron chi connectivity index (χ2n) is 3.05. The van der Waals surface area contributed by atoms with Crippen molar-refractivity contribution < 1.29 is 9.90 Å². The molecule has 0 radical (unpaired) electrons. The molecule has 0 aromatic rings. The van der Waals surface area contributed by atoms with E-state index < -0.39 is 6.10 Å².